The monoisotopic (exact) mass is 425 g/mol. The topological polar surface area (TPSA) is 67.4 Å². The van der Waals surface area contributed by atoms with E-state index in [1.807, 2.05) is 35.2 Å². The third kappa shape index (κ3) is 3.55. The summed E-state index contributed by atoms with van der Waals surface area (Å²) in [5.74, 6) is 0.607. The summed E-state index contributed by atoms with van der Waals surface area (Å²) < 4.78 is 28.4. The zero-order valence-corrected chi connectivity index (χ0v) is 17.2. The molecule has 2 aliphatic heterocycles. The van der Waals surface area contributed by atoms with Crippen molar-refractivity contribution in [2.24, 2.45) is 16.6 Å². The molecular formula is C19H22ClF2N5S. The number of rotatable bonds is 3. The van der Waals surface area contributed by atoms with E-state index in [1.54, 1.807) is 0 Å². The molecule has 4 rings (SSSR count). The lowest BCUT2D eigenvalue weighted by Crippen LogP contribution is -2.40. The highest BCUT2D eigenvalue weighted by atomic mass is 35.5. The first-order valence-electron chi connectivity index (χ1n) is 8.80. The van der Waals surface area contributed by atoms with Gasteiger partial charge < -0.3 is 10.6 Å². The smallest absolute Gasteiger partial charge is 0.225 e. The number of nitrogens with two attached hydrogens (primary N) is 1. The van der Waals surface area contributed by atoms with Crippen LogP contribution in [0.3, 0.4) is 0 Å². The van der Waals surface area contributed by atoms with Gasteiger partial charge >= 0.3 is 0 Å². The van der Waals surface area contributed by atoms with Crippen molar-refractivity contribution in [1.82, 2.24) is 9.97 Å². The third-order valence-corrected chi connectivity index (χ3v) is 6.10. The lowest BCUT2D eigenvalue weighted by Gasteiger charge is -2.34. The van der Waals surface area contributed by atoms with E-state index in [0.29, 0.717) is 24.2 Å². The number of amidine groups is 1. The minimum absolute atomic E-state index is 0. The summed E-state index contributed by atoms with van der Waals surface area (Å²) in [5.41, 5.74) is 4.53. The molecule has 1 fully saturated rings. The first-order valence-corrected chi connectivity index (χ1v) is 9.79. The van der Waals surface area contributed by atoms with E-state index in [0.717, 1.165) is 17.5 Å². The summed E-state index contributed by atoms with van der Waals surface area (Å²) in [6.45, 7) is 3.75. The molecule has 1 aromatic carbocycles. The van der Waals surface area contributed by atoms with Gasteiger partial charge in [-0.2, -0.15) is 0 Å². The Morgan fingerprint density at radius 2 is 2.00 bits per heavy atom. The molecule has 1 aromatic heterocycles. The highest BCUT2D eigenvalue weighted by Gasteiger charge is 2.50. The molecule has 2 aliphatic rings. The Bertz CT molecular complexity index is 890. The number of halogens is 3. The molecule has 0 aliphatic carbocycles. The first kappa shape index (κ1) is 20.8. The number of fused-ring (bicyclic) bond motifs is 1. The fourth-order valence-corrected chi connectivity index (χ4v) is 4.81. The van der Waals surface area contributed by atoms with Gasteiger partial charge in [-0.25, -0.2) is 23.7 Å². The van der Waals surface area contributed by atoms with E-state index in [4.69, 9.17) is 10.7 Å². The van der Waals surface area contributed by atoms with Gasteiger partial charge in [-0.1, -0.05) is 42.1 Å². The number of thioether (sulfide) groups is 1. The molecule has 9 heteroatoms. The second-order valence-electron chi connectivity index (χ2n) is 7.47. The standard InChI is InChI=1S/C19H21F2N5S.ClH/c1-18(2,21)15-14(20)8-23-17(24-15)26-9-13-10-27-16(22)25-19(13,11-26)12-6-4-3-5-7-12;/h3-8,13H,9-11H2,1-2H3,(H2,22,25);1H/t13-,19?;/m0./s1. The summed E-state index contributed by atoms with van der Waals surface area (Å²) in [4.78, 5) is 15.1. The normalized spacial score (nSPS) is 24.4. The van der Waals surface area contributed by atoms with Crippen LogP contribution in [0.5, 0.6) is 0 Å². The van der Waals surface area contributed by atoms with Crippen LogP contribution in [0.2, 0.25) is 0 Å². The molecule has 0 spiro atoms. The maximum absolute atomic E-state index is 14.3. The van der Waals surface area contributed by atoms with Crippen molar-refractivity contribution in [3.05, 3.63) is 53.6 Å². The summed E-state index contributed by atoms with van der Waals surface area (Å²) in [6, 6.07) is 10.0. The Hall–Kier alpha value is -1.93. The molecule has 3 heterocycles. The average molecular weight is 426 g/mol. The number of anilines is 1. The molecule has 5 nitrogen and oxygen atoms in total. The molecule has 150 valence electrons. The van der Waals surface area contributed by atoms with Crippen molar-refractivity contribution in [2.75, 3.05) is 23.7 Å². The second-order valence-corrected chi connectivity index (χ2v) is 8.51. The van der Waals surface area contributed by atoms with Gasteiger partial charge in [-0.3, -0.25) is 0 Å². The molecule has 2 aromatic rings. The van der Waals surface area contributed by atoms with E-state index < -0.39 is 17.0 Å². The zero-order valence-electron chi connectivity index (χ0n) is 15.6. The van der Waals surface area contributed by atoms with Crippen molar-refractivity contribution < 1.29 is 8.78 Å². The van der Waals surface area contributed by atoms with Crippen LogP contribution in [-0.2, 0) is 11.2 Å². The van der Waals surface area contributed by atoms with Crippen LogP contribution >= 0.6 is 24.2 Å². The molecule has 0 amide bonds. The Labute approximate surface area is 173 Å². The van der Waals surface area contributed by atoms with E-state index in [1.165, 1.54) is 25.6 Å². The first-order chi connectivity index (χ1) is 12.8. The Morgan fingerprint density at radius 1 is 1.29 bits per heavy atom. The van der Waals surface area contributed by atoms with Gasteiger partial charge in [0.05, 0.1) is 12.7 Å². The quantitative estimate of drug-likeness (QED) is 0.813. The maximum Gasteiger partial charge on any atom is 0.225 e. The number of aliphatic imine (C=N–C) groups is 1. The largest absolute Gasteiger partial charge is 0.379 e. The predicted octanol–water partition coefficient (Wildman–Crippen LogP) is 3.64. The molecule has 2 N–H and O–H groups in total. The van der Waals surface area contributed by atoms with Gasteiger partial charge in [0.1, 0.15) is 16.9 Å². The van der Waals surface area contributed by atoms with Gasteiger partial charge in [0.2, 0.25) is 5.95 Å². The van der Waals surface area contributed by atoms with Crippen LogP contribution in [0.1, 0.15) is 25.1 Å². The van der Waals surface area contributed by atoms with Gasteiger partial charge in [0.25, 0.3) is 0 Å². The fourth-order valence-electron chi connectivity index (χ4n) is 3.83. The molecule has 0 radical (unpaired) electrons. The van der Waals surface area contributed by atoms with E-state index in [2.05, 4.69) is 9.97 Å². The van der Waals surface area contributed by atoms with Crippen molar-refractivity contribution in [3.8, 4) is 0 Å². The Kier molecular flexibility index (Phi) is 5.55. The Morgan fingerprint density at radius 3 is 2.68 bits per heavy atom. The molecule has 1 saturated heterocycles. The lowest BCUT2D eigenvalue weighted by molar-refractivity contribution is 0.205. The van der Waals surface area contributed by atoms with Crippen LogP contribution in [0, 0.1) is 11.7 Å². The number of aromatic nitrogens is 2. The fraction of sp³-hybridized carbons (Fsp3) is 0.421. The van der Waals surface area contributed by atoms with Crippen LogP contribution in [0.25, 0.3) is 0 Å². The maximum atomic E-state index is 14.3. The highest BCUT2D eigenvalue weighted by molar-refractivity contribution is 8.13. The minimum Gasteiger partial charge on any atom is -0.379 e. The predicted molar refractivity (Wildman–Crippen MR) is 111 cm³/mol. The van der Waals surface area contributed by atoms with Crippen LogP contribution in [0.4, 0.5) is 14.7 Å². The molecule has 2 atom stereocenters. The van der Waals surface area contributed by atoms with Crippen molar-refractivity contribution in [1.29, 1.82) is 0 Å². The van der Waals surface area contributed by atoms with E-state index in [9.17, 15) is 8.78 Å². The van der Waals surface area contributed by atoms with Gasteiger partial charge in [-0.15, -0.1) is 12.4 Å². The Balaban J connectivity index is 0.00000225. The minimum atomic E-state index is -1.89. The van der Waals surface area contributed by atoms with Gasteiger partial charge in [-0.05, 0) is 19.4 Å². The summed E-state index contributed by atoms with van der Waals surface area (Å²) in [6.07, 6.45) is 1.04. The van der Waals surface area contributed by atoms with Gasteiger partial charge in [0, 0.05) is 18.2 Å². The summed E-state index contributed by atoms with van der Waals surface area (Å²) in [5, 5.41) is 0.558. The van der Waals surface area contributed by atoms with Crippen molar-refractivity contribution >= 4 is 35.3 Å². The van der Waals surface area contributed by atoms with Gasteiger partial charge in [0.15, 0.2) is 11.0 Å². The van der Waals surface area contributed by atoms with E-state index in [-0.39, 0.29) is 24.0 Å². The number of hydrogen-bond acceptors (Lipinski definition) is 6. The van der Waals surface area contributed by atoms with Crippen LogP contribution in [-0.4, -0.2) is 34.0 Å². The summed E-state index contributed by atoms with van der Waals surface area (Å²) in [7, 11) is 0. The average Bonchev–Trinajstić information content (AvgIpc) is 3.02. The number of alkyl halides is 1. The number of benzene rings is 1. The van der Waals surface area contributed by atoms with E-state index >= 15 is 0 Å². The summed E-state index contributed by atoms with van der Waals surface area (Å²) >= 11 is 1.54. The molecule has 0 bridgehead atoms. The van der Waals surface area contributed by atoms with Crippen molar-refractivity contribution in [3.63, 3.8) is 0 Å². The highest BCUT2D eigenvalue weighted by Crippen LogP contribution is 2.46. The molecule has 1 unspecified atom stereocenters. The zero-order chi connectivity index (χ0) is 19.2. The number of nitrogens with zero attached hydrogens (tertiary/aromatic N) is 4. The third-order valence-electron chi connectivity index (χ3n) is 5.14. The molecule has 28 heavy (non-hydrogen) atoms. The lowest BCUT2D eigenvalue weighted by atomic mass is 9.82. The SMILES string of the molecule is CC(C)(F)c1nc(N2C[C@H]3CSC(N)=NC3(c3ccccc3)C2)ncc1F.Cl. The van der Waals surface area contributed by atoms with Crippen LogP contribution in [0.15, 0.2) is 41.5 Å². The van der Waals surface area contributed by atoms with Crippen LogP contribution < -0.4 is 10.6 Å². The molecular weight excluding hydrogens is 404 g/mol. The van der Waals surface area contributed by atoms with Crippen molar-refractivity contribution in [2.45, 2.75) is 25.1 Å². The second kappa shape index (κ2) is 7.48. The number of hydrogen-bond donors (Lipinski definition) is 1. The molecule has 0 saturated carbocycles.